The number of fused-ring (bicyclic) bond motifs is 5. The van der Waals surface area contributed by atoms with E-state index in [-0.39, 0.29) is 31.4 Å². The number of nitrogens with one attached hydrogen (secondary N) is 1. The summed E-state index contributed by atoms with van der Waals surface area (Å²) >= 11 is 0. The Morgan fingerprint density at radius 2 is 1.58 bits per heavy atom. The number of benzene rings is 2. The molecule has 1 unspecified atom stereocenters. The van der Waals surface area contributed by atoms with Gasteiger partial charge < -0.3 is 49.1 Å². The molecule has 2 aromatic carbocycles. The molecule has 2 aromatic rings. The van der Waals surface area contributed by atoms with Gasteiger partial charge in [-0.3, -0.25) is 14.4 Å². The van der Waals surface area contributed by atoms with E-state index >= 15 is 4.79 Å². The Bertz CT molecular complexity index is 2180. The first-order valence-electron chi connectivity index (χ1n) is 22.1. The van der Waals surface area contributed by atoms with Crippen LogP contribution in [-0.4, -0.2) is 111 Å². The molecule has 0 spiro atoms. The van der Waals surface area contributed by atoms with Crippen LogP contribution >= 0.6 is 0 Å². The lowest BCUT2D eigenvalue weighted by atomic mass is 9.43. The second-order valence-corrected chi connectivity index (χ2v) is 19.7. The van der Waals surface area contributed by atoms with E-state index in [1.165, 1.54) is 32.9 Å². The van der Waals surface area contributed by atoms with Crippen LogP contribution in [0.2, 0.25) is 0 Å². The van der Waals surface area contributed by atoms with Gasteiger partial charge in [-0.1, -0.05) is 69.3 Å². The van der Waals surface area contributed by atoms with Gasteiger partial charge in [0.1, 0.15) is 41.3 Å². The van der Waals surface area contributed by atoms with Crippen LogP contribution in [0.25, 0.3) is 0 Å². The second-order valence-electron chi connectivity index (χ2n) is 19.7. The van der Waals surface area contributed by atoms with Crippen molar-refractivity contribution in [2.45, 2.75) is 154 Å². The number of amides is 1. The molecule has 1 saturated heterocycles. The second kappa shape index (κ2) is 18.3. The maximum Gasteiger partial charge on any atom is 0.408 e. The number of ether oxygens (including phenoxy) is 6. The Labute approximate surface area is 379 Å². The monoisotopic (exact) mass is 905 g/mol. The molecule has 1 amide bonds. The molecule has 354 valence electrons. The average Bonchev–Trinajstić information content (AvgIpc) is 3.22. The summed E-state index contributed by atoms with van der Waals surface area (Å²) in [6.07, 6.45) is -10.1. The Morgan fingerprint density at radius 3 is 2.14 bits per heavy atom. The van der Waals surface area contributed by atoms with E-state index in [0.717, 1.165) is 0 Å². The number of carbonyl (C=O) groups is 6. The van der Waals surface area contributed by atoms with E-state index in [4.69, 9.17) is 28.4 Å². The highest BCUT2D eigenvalue weighted by atomic mass is 16.6. The van der Waals surface area contributed by atoms with Gasteiger partial charge in [0.2, 0.25) is 6.10 Å². The van der Waals surface area contributed by atoms with Crippen molar-refractivity contribution in [1.82, 2.24) is 5.32 Å². The van der Waals surface area contributed by atoms with Crippen LogP contribution in [0.1, 0.15) is 117 Å². The number of alkyl carbamates (subject to hydrolysis) is 1. The zero-order valence-electron chi connectivity index (χ0n) is 38.7. The summed E-state index contributed by atoms with van der Waals surface area (Å²) in [5, 5.41) is 38.5. The highest BCUT2D eigenvalue weighted by Gasteiger charge is 2.77. The molecule has 1 heterocycles. The fourth-order valence-electron chi connectivity index (χ4n) is 10.7. The minimum Gasteiger partial charge on any atom is -0.455 e. The predicted molar refractivity (Wildman–Crippen MR) is 232 cm³/mol. The fourth-order valence-corrected chi connectivity index (χ4v) is 10.7. The van der Waals surface area contributed by atoms with Gasteiger partial charge in [0.05, 0.1) is 35.7 Å². The van der Waals surface area contributed by atoms with Crippen molar-refractivity contribution < 1.29 is 72.5 Å². The van der Waals surface area contributed by atoms with Crippen LogP contribution in [0.15, 0.2) is 71.8 Å². The molecule has 3 aliphatic carbocycles. The highest BCUT2D eigenvalue weighted by Crippen LogP contribution is 2.65. The highest BCUT2D eigenvalue weighted by molar-refractivity contribution is 5.92. The summed E-state index contributed by atoms with van der Waals surface area (Å²) in [5.41, 5.74) is -7.00. The first-order valence-corrected chi connectivity index (χ1v) is 22.1. The zero-order valence-corrected chi connectivity index (χ0v) is 38.7. The molecule has 6 rings (SSSR count). The molecular formula is C49H63NO15. The van der Waals surface area contributed by atoms with Gasteiger partial charge in [-0.05, 0) is 76.8 Å². The molecule has 1 aliphatic heterocycles. The van der Waals surface area contributed by atoms with Crippen LogP contribution in [-0.2, 0) is 47.6 Å². The molecule has 12 atom stereocenters. The van der Waals surface area contributed by atoms with Gasteiger partial charge in [-0.15, -0.1) is 0 Å². The number of hydrogen-bond acceptors (Lipinski definition) is 15. The lowest BCUT2D eigenvalue weighted by Gasteiger charge is -2.67. The average molecular weight is 906 g/mol. The van der Waals surface area contributed by atoms with Crippen LogP contribution in [0.3, 0.4) is 0 Å². The van der Waals surface area contributed by atoms with Crippen molar-refractivity contribution in [3.63, 3.8) is 0 Å². The summed E-state index contributed by atoms with van der Waals surface area (Å²) in [5.74, 6) is -6.64. The third kappa shape index (κ3) is 9.19. The Hall–Kier alpha value is -5.16. The number of aliphatic hydroxyl groups is 3. The van der Waals surface area contributed by atoms with Crippen molar-refractivity contribution in [1.29, 1.82) is 0 Å². The summed E-state index contributed by atoms with van der Waals surface area (Å²) < 4.78 is 36.2. The number of ketones is 1. The Morgan fingerprint density at radius 1 is 0.969 bits per heavy atom. The Balaban J connectivity index is 1.52. The maximum absolute atomic E-state index is 15.4. The molecular weight excluding hydrogens is 843 g/mol. The largest absolute Gasteiger partial charge is 0.455 e. The maximum atomic E-state index is 15.4. The third-order valence-electron chi connectivity index (χ3n) is 13.9. The normalized spacial score (nSPS) is 31.7. The van der Waals surface area contributed by atoms with Crippen LogP contribution in [0.5, 0.6) is 0 Å². The van der Waals surface area contributed by atoms with Gasteiger partial charge in [0.25, 0.3) is 0 Å². The SMILES string of the molecule is CC(=O)O[C@@]12CO[C@@H]1C[C@H](O)[C@@]1(C)C(=O)[C@H](C)C3=C(C)[C@@H](OC(=O)[C@H](OC(=O)CCC(C)O)[C@@H](NC(=O)OC(C)(C)C)c4ccccc4)C[C@@](O)([C@@H](OC(=O)c4ccccc4)[C@H]21)C3(C)C. The summed E-state index contributed by atoms with van der Waals surface area (Å²) in [6, 6.07) is 14.8. The topological polar surface area (TPSA) is 231 Å². The summed E-state index contributed by atoms with van der Waals surface area (Å²) in [4.78, 5) is 84.5. The molecule has 3 fully saturated rings. The molecule has 4 N–H and O–H groups in total. The molecule has 2 saturated carbocycles. The van der Waals surface area contributed by atoms with Gasteiger partial charge in [-0.25, -0.2) is 14.4 Å². The number of hydrogen-bond donors (Lipinski definition) is 4. The van der Waals surface area contributed by atoms with Gasteiger partial charge >= 0.3 is 30.0 Å². The summed E-state index contributed by atoms with van der Waals surface area (Å²) in [6.45, 7) is 15.6. The van der Waals surface area contributed by atoms with Gasteiger partial charge in [0.15, 0.2) is 5.60 Å². The van der Waals surface area contributed by atoms with Crippen LogP contribution < -0.4 is 5.32 Å². The van der Waals surface area contributed by atoms with E-state index in [1.54, 1.807) is 97.0 Å². The summed E-state index contributed by atoms with van der Waals surface area (Å²) in [7, 11) is 0. The van der Waals surface area contributed by atoms with Crippen LogP contribution in [0.4, 0.5) is 4.79 Å². The van der Waals surface area contributed by atoms with E-state index in [9.17, 15) is 39.3 Å². The van der Waals surface area contributed by atoms with E-state index in [1.807, 2.05) is 0 Å². The van der Waals surface area contributed by atoms with Crippen molar-refractivity contribution in [3.8, 4) is 0 Å². The van der Waals surface area contributed by atoms with E-state index in [0.29, 0.717) is 16.7 Å². The van der Waals surface area contributed by atoms with Crippen molar-refractivity contribution in [2.24, 2.45) is 22.7 Å². The lowest BCUT2D eigenvalue weighted by Crippen LogP contribution is -2.81. The smallest absolute Gasteiger partial charge is 0.408 e. The molecule has 0 radical (unpaired) electrons. The van der Waals surface area contributed by atoms with Crippen molar-refractivity contribution in [3.05, 3.63) is 82.9 Å². The van der Waals surface area contributed by atoms with Crippen molar-refractivity contribution >= 4 is 35.8 Å². The minimum atomic E-state index is -2.26. The zero-order chi connectivity index (χ0) is 48.0. The Kier molecular flexibility index (Phi) is 13.8. The van der Waals surface area contributed by atoms with E-state index < -0.39 is 124 Å². The predicted octanol–water partition coefficient (Wildman–Crippen LogP) is 5.25. The molecule has 2 bridgehead atoms. The minimum absolute atomic E-state index is 0.00341. The number of aliphatic hydroxyl groups excluding tert-OH is 2. The van der Waals surface area contributed by atoms with Crippen LogP contribution in [0, 0.1) is 22.7 Å². The third-order valence-corrected chi connectivity index (χ3v) is 13.9. The lowest BCUT2D eigenvalue weighted by molar-refractivity contribution is -0.345. The first kappa shape index (κ1) is 49.3. The quantitative estimate of drug-likeness (QED) is 0.121. The number of rotatable bonds is 12. The molecule has 4 aliphatic rings. The number of Topliss-reactive ketones (excluding diaryl/α,β-unsaturated/α-hetero) is 1. The fraction of sp³-hybridized carbons (Fsp3) is 0.592. The van der Waals surface area contributed by atoms with Crippen molar-refractivity contribution in [2.75, 3.05) is 6.61 Å². The van der Waals surface area contributed by atoms with Gasteiger partial charge in [-0.2, -0.15) is 0 Å². The number of esters is 4. The van der Waals surface area contributed by atoms with E-state index in [2.05, 4.69) is 5.32 Å². The van der Waals surface area contributed by atoms with Gasteiger partial charge in [0, 0.05) is 37.5 Å². The first-order chi connectivity index (χ1) is 30.3. The molecule has 65 heavy (non-hydrogen) atoms. The number of carbonyl (C=O) groups excluding carboxylic acids is 6. The molecule has 16 nitrogen and oxygen atoms in total. The molecule has 0 aromatic heterocycles. The standard InChI is InChI=1S/C49H63NO15/c1-26(51)21-22-35(54)62-38(37(30-17-13-11-14-18-30)50-44(58)65-45(5,6)7)43(57)61-32-24-49(59)41(63-42(56)31-19-15-12-16-20-31)39-47(10,40(55)28(3)36(27(32)2)46(49,8)9)33(53)23-34-48(39,25-60-34)64-29(4)52/h11-20,26,28,32-34,37-39,41,51,53,59H,21-25H2,1-10H3,(H,50,58)/t26?,28-,32+,33+,34-,37+,38-,39+,41+,47-,48+,49-/m1/s1. The molecule has 16 heteroatoms.